The van der Waals surface area contributed by atoms with E-state index in [1.165, 1.54) is 24.0 Å². The van der Waals surface area contributed by atoms with Gasteiger partial charge < -0.3 is 10.6 Å². The van der Waals surface area contributed by atoms with Crippen molar-refractivity contribution in [3.05, 3.63) is 35.4 Å². The summed E-state index contributed by atoms with van der Waals surface area (Å²) in [6, 6.07) is 9.00. The molecule has 2 amide bonds. The minimum atomic E-state index is 0.00334. The van der Waals surface area contributed by atoms with Crippen LogP contribution in [0.3, 0.4) is 0 Å². The molecule has 0 aromatic heterocycles. The Labute approximate surface area is 108 Å². The number of amides is 2. The van der Waals surface area contributed by atoms with Gasteiger partial charge in [0.15, 0.2) is 0 Å². The first-order chi connectivity index (χ1) is 8.83. The molecule has 18 heavy (non-hydrogen) atoms. The molecule has 0 heterocycles. The second-order valence-electron chi connectivity index (χ2n) is 5.39. The van der Waals surface area contributed by atoms with Crippen molar-refractivity contribution in [2.75, 3.05) is 0 Å². The predicted octanol–water partition coefficient (Wildman–Crippen LogP) is 2.92. The predicted molar refractivity (Wildman–Crippen MR) is 71.4 cm³/mol. The summed E-state index contributed by atoms with van der Waals surface area (Å²) in [7, 11) is 0. The van der Waals surface area contributed by atoms with Crippen LogP contribution in [0.2, 0.25) is 0 Å². The smallest absolute Gasteiger partial charge is 0.315 e. The lowest BCUT2D eigenvalue weighted by Crippen LogP contribution is -2.42. The summed E-state index contributed by atoms with van der Waals surface area (Å²) in [6.45, 7) is 0. The summed E-state index contributed by atoms with van der Waals surface area (Å²) >= 11 is 0. The normalized spacial score (nSPS) is 22.8. The van der Waals surface area contributed by atoms with Gasteiger partial charge in [-0.3, -0.25) is 0 Å². The van der Waals surface area contributed by atoms with Gasteiger partial charge >= 0.3 is 6.03 Å². The molecule has 0 radical (unpaired) electrons. The van der Waals surface area contributed by atoms with Crippen LogP contribution in [0.1, 0.15) is 49.3 Å². The zero-order valence-corrected chi connectivity index (χ0v) is 10.6. The Hall–Kier alpha value is -1.51. The number of rotatable bonds is 2. The van der Waals surface area contributed by atoms with Gasteiger partial charge in [0, 0.05) is 6.04 Å². The molecule has 0 spiro atoms. The minimum absolute atomic E-state index is 0.00334. The molecule has 0 aliphatic heterocycles. The van der Waals surface area contributed by atoms with Crippen molar-refractivity contribution in [1.29, 1.82) is 0 Å². The Balaban J connectivity index is 1.58. The van der Waals surface area contributed by atoms with Crippen molar-refractivity contribution in [3.63, 3.8) is 0 Å². The zero-order valence-electron chi connectivity index (χ0n) is 10.6. The number of carbonyl (C=O) groups excluding carboxylic acids is 1. The third-order valence-corrected chi connectivity index (χ3v) is 4.13. The number of benzene rings is 1. The fourth-order valence-electron chi connectivity index (χ4n) is 3.16. The molecule has 0 saturated heterocycles. The lowest BCUT2D eigenvalue weighted by molar-refractivity contribution is 0.233. The van der Waals surface area contributed by atoms with Crippen LogP contribution in [0, 0.1) is 0 Å². The standard InChI is InChI=1S/C15H20N2O/c18-15(16-12-6-2-3-7-12)17-14-10-9-11-5-1-4-8-13(11)14/h1,4-5,8,12,14H,2-3,6-7,9-10H2,(H2,16,17,18). The highest BCUT2D eigenvalue weighted by Crippen LogP contribution is 2.30. The highest BCUT2D eigenvalue weighted by Gasteiger charge is 2.24. The fourth-order valence-corrected chi connectivity index (χ4v) is 3.16. The first-order valence-corrected chi connectivity index (χ1v) is 6.98. The molecule has 0 bridgehead atoms. The van der Waals surface area contributed by atoms with E-state index < -0.39 is 0 Å². The Morgan fingerprint density at radius 3 is 2.67 bits per heavy atom. The summed E-state index contributed by atoms with van der Waals surface area (Å²) < 4.78 is 0. The van der Waals surface area contributed by atoms with Crippen molar-refractivity contribution in [1.82, 2.24) is 10.6 Å². The maximum absolute atomic E-state index is 11.9. The van der Waals surface area contributed by atoms with Crippen LogP contribution in [0.15, 0.2) is 24.3 Å². The third-order valence-electron chi connectivity index (χ3n) is 4.13. The number of nitrogens with one attached hydrogen (secondary N) is 2. The Morgan fingerprint density at radius 2 is 1.83 bits per heavy atom. The molecule has 1 saturated carbocycles. The van der Waals surface area contributed by atoms with Gasteiger partial charge in [-0.15, -0.1) is 0 Å². The summed E-state index contributed by atoms with van der Waals surface area (Å²) in [6.07, 6.45) is 6.86. The number of fused-ring (bicyclic) bond motifs is 1. The van der Waals surface area contributed by atoms with Crippen molar-refractivity contribution in [2.24, 2.45) is 0 Å². The number of hydrogen-bond acceptors (Lipinski definition) is 1. The van der Waals surface area contributed by atoms with E-state index in [4.69, 9.17) is 0 Å². The van der Waals surface area contributed by atoms with E-state index in [2.05, 4.69) is 28.8 Å². The van der Waals surface area contributed by atoms with Crippen LogP contribution >= 0.6 is 0 Å². The van der Waals surface area contributed by atoms with Crippen LogP contribution in [-0.4, -0.2) is 12.1 Å². The average molecular weight is 244 g/mol. The molecular formula is C15H20N2O. The van der Waals surface area contributed by atoms with E-state index in [1.54, 1.807) is 0 Å². The maximum atomic E-state index is 11.9. The SMILES string of the molecule is O=C(NC1CCCC1)NC1CCc2ccccc21. The number of urea groups is 1. The average Bonchev–Trinajstić information content (AvgIpc) is 3.00. The molecule has 2 aliphatic carbocycles. The quantitative estimate of drug-likeness (QED) is 0.825. The van der Waals surface area contributed by atoms with Gasteiger partial charge in [0.05, 0.1) is 6.04 Å². The van der Waals surface area contributed by atoms with Gasteiger partial charge in [-0.1, -0.05) is 37.1 Å². The lowest BCUT2D eigenvalue weighted by Gasteiger charge is -2.17. The van der Waals surface area contributed by atoms with Gasteiger partial charge in [-0.05, 0) is 36.8 Å². The van der Waals surface area contributed by atoms with E-state index in [-0.39, 0.29) is 12.1 Å². The molecule has 96 valence electrons. The summed E-state index contributed by atoms with van der Waals surface area (Å²) in [5, 5.41) is 6.20. The van der Waals surface area contributed by atoms with E-state index in [9.17, 15) is 4.79 Å². The van der Waals surface area contributed by atoms with E-state index in [0.29, 0.717) is 6.04 Å². The van der Waals surface area contributed by atoms with E-state index >= 15 is 0 Å². The Kier molecular flexibility index (Phi) is 3.22. The fraction of sp³-hybridized carbons (Fsp3) is 0.533. The van der Waals surface area contributed by atoms with Gasteiger partial charge in [0.1, 0.15) is 0 Å². The highest BCUT2D eigenvalue weighted by molar-refractivity contribution is 5.75. The molecule has 3 heteroatoms. The first-order valence-electron chi connectivity index (χ1n) is 6.98. The Bertz CT molecular complexity index is 438. The van der Waals surface area contributed by atoms with Gasteiger partial charge in [-0.25, -0.2) is 4.79 Å². The molecule has 3 nitrogen and oxygen atoms in total. The van der Waals surface area contributed by atoms with Crippen LogP contribution in [-0.2, 0) is 6.42 Å². The highest BCUT2D eigenvalue weighted by atomic mass is 16.2. The second kappa shape index (κ2) is 5.01. The monoisotopic (exact) mass is 244 g/mol. The maximum Gasteiger partial charge on any atom is 0.315 e. The molecule has 1 unspecified atom stereocenters. The van der Waals surface area contributed by atoms with Crippen LogP contribution < -0.4 is 10.6 Å². The van der Waals surface area contributed by atoms with Gasteiger partial charge in [-0.2, -0.15) is 0 Å². The van der Waals surface area contributed by atoms with Crippen molar-refractivity contribution >= 4 is 6.03 Å². The van der Waals surface area contributed by atoms with Crippen molar-refractivity contribution < 1.29 is 4.79 Å². The summed E-state index contributed by atoms with van der Waals surface area (Å²) in [5.74, 6) is 0. The zero-order chi connectivity index (χ0) is 12.4. The van der Waals surface area contributed by atoms with Crippen LogP contribution in [0.5, 0.6) is 0 Å². The largest absolute Gasteiger partial charge is 0.335 e. The molecule has 2 N–H and O–H groups in total. The van der Waals surface area contributed by atoms with E-state index in [0.717, 1.165) is 25.7 Å². The van der Waals surface area contributed by atoms with Gasteiger partial charge in [0.2, 0.25) is 0 Å². The summed E-state index contributed by atoms with van der Waals surface area (Å²) in [4.78, 5) is 11.9. The second-order valence-corrected chi connectivity index (χ2v) is 5.39. The lowest BCUT2D eigenvalue weighted by atomic mass is 10.1. The van der Waals surface area contributed by atoms with Gasteiger partial charge in [0.25, 0.3) is 0 Å². The van der Waals surface area contributed by atoms with Crippen LogP contribution in [0.25, 0.3) is 0 Å². The molecule has 2 aliphatic rings. The topological polar surface area (TPSA) is 41.1 Å². The molecular weight excluding hydrogens is 224 g/mol. The molecule has 1 fully saturated rings. The Morgan fingerprint density at radius 1 is 1.06 bits per heavy atom. The third kappa shape index (κ3) is 2.35. The van der Waals surface area contributed by atoms with E-state index in [1.807, 2.05) is 6.07 Å². The molecule has 1 aromatic carbocycles. The number of aryl methyl sites for hydroxylation is 1. The van der Waals surface area contributed by atoms with Crippen molar-refractivity contribution in [2.45, 2.75) is 50.6 Å². The minimum Gasteiger partial charge on any atom is -0.335 e. The molecule has 1 aromatic rings. The number of hydrogen-bond donors (Lipinski definition) is 2. The van der Waals surface area contributed by atoms with Crippen molar-refractivity contribution in [3.8, 4) is 0 Å². The first kappa shape index (κ1) is 11.6. The molecule has 3 rings (SSSR count). The number of carbonyl (C=O) groups is 1. The summed E-state index contributed by atoms with van der Waals surface area (Å²) in [5.41, 5.74) is 2.67. The molecule has 1 atom stereocenters. The van der Waals surface area contributed by atoms with Crippen LogP contribution in [0.4, 0.5) is 4.79 Å².